The van der Waals surface area contributed by atoms with Gasteiger partial charge in [0.1, 0.15) is 18.1 Å². The lowest BCUT2D eigenvalue weighted by Crippen LogP contribution is -2.25. The minimum absolute atomic E-state index is 0.0492. The number of aliphatic hydroxyl groups is 1. The van der Waals surface area contributed by atoms with Crippen molar-refractivity contribution in [2.24, 2.45) is 0 Å². The molecule has 4 rings (SSSR count). The van der Waals surface area contributed by atoms with E-state index in [4.69, 9.17) is 0 Å². The third-order valence-corrected chi connectivity index (χ3v) is 5.75. The second kappa shape index (κ2) is 8.66. The summed E-state index contributed by atoms with van der Waals surface area (Å²) in [6, 6.07) is 8.32. The molecular formula is C24H20F4N4O3. The summed E-state index contributed by atoms with van der Waals surface area (Å²) in [5, 5.41) is 12.8. The first kappa shape index (κ1) is 24.1. The Labute approximate surface area is 195 Å². The molecule has 0 atom stereocenters. The molecular weight excluding hydrogens is 468 g/mol. The number of aryl methyl sites for hydroxylation is 1. The monoisotopic (exact) mass is 488 g/mol. The molecule has 2 heterocycles. The summed E-state index contributed by atoms with van der Waals surface area (Å²) in [6.45, 7) is 5.98. The SMILES string of the molecule is C=C(c1cn(-c2ccccc2C)c(=O)c2cc(F)c(-n3nc(CO)n(CC)c3=O)cc12)C(F)(F)F. The molecule has 0 spiro atoms. The quantitative estimate of drug-likeness (QED) is 0.433. The fraction of sp³-hybridized carbons (Fsp3) is 0.208. The van der Waals surface area contributed by atoms with E-state index >= 15 is 4.39 Å². The van der Waals surface area contributed by atoms with Gasteiger partial charge in [0, 0.05) is 18.3 Å². The van der Waals surface area contributed by atoms with E-state index in [2.05, 4.69) is 11.7 Å². The molecule has 1 N–H and O–H groups in total. The highest BCUT2D eigenvalue weighted by molar-refractivity contribution is 5.95. The van der Waals surface area contributed by atoms with E-state index in [0.717, 1.165) is 27.5 Å². The first-order valence-electron chi connectivity index (χ1n) is 10.5. The van der Waals surface area contributed by atoms with E-state index in [1.54, 1.807) is 38.1 Å². The molecule has 2 aromatic heterocycles. The molecule has 0 bridgehead atoms. The number of hydrogen-bond donors (Lipinski definition) is 1. The summed E-state index contributed by atoms with van der Waals surface area (Å²) in [4.78, 5) is 26.0. The van der Waals surface area contributed by atoms with E-state index in [1.807, 2.05) is 0 Å². The molecule has 0 amide bonds. The number of aliphatic hydroxyl groups excluding tert-OH is 1. The molecule has 0 aliphatic carbocycles. The molecule has 0 saturated heterocycles. The van der Waals surface area contributed by atoms with Crippen LogP contribution in [0.15, 0.2) is 58.8 Å². The zero-order chi connectivity index (χ0) is 25.7. The van der Waals surface area contributed by atoms with Gasteiger partial charge in [-0.15, -0.1) is 5.10 Å². The Kier molecular flexibility index (Phi) is 5.97. The van der Waals surface area contributed by atoms with Crippen molar-refractivity contribution < 1.29 is 22.7 Å². The molecule has 0 aliphatic heterocycles. The number of para-hydroxylation sites is 1. The Bertz CT molecular complexity index is 1600. The van der Waals surface area contributed by atoms with Gasteiger partial charge in [-0.3, -0.25) is 13.9 Å². The van der Waals surface area contributed by atoms with Gasteiger partial charge in [-0.25, -0.2) is 9.18 Å². The molecule has 0 aliphatic rings. The average molecular weight is 488 g/mol. The third-order valence-electron chi connectivity index (χ3n) is 5.75. The number of allylic oxidation sites excluding steroid dienone is 1. The fourth-order valence-electron chi connectivity index (χ4n) is 3.95. The van der Waals surface area contributed by atoms with Crippen molar-refractivity contribution in [1.29, 1.82) is 0 Å². The van der Waals surface area contributed by atoms with Crippen LogP contribution in [0.25, 0.3) is 27.7 Å². The molecule has 0 unspecified atom stereocenters. The molecule has 11 heteroatoms. The summed E-state index contributed by atoms with van der Waals surface area (Å²) in [7, 11) is 0. The maximum Gasteiger partial charge on any atom is 0.416 e. The molecule has 4 aromatic rings. The van der Waals surface area contributed by atoms with Crippen LogP contribution < -0.4 is 11.2 Å². The van der Waals surface area contributed by atoms with Crippen molar-refractivity contribution in [3.63, 3.8) is 0 Å². The number of pyridine rings is 1. The molecule has 0 saturated carbocycles. The molecule has 7 nitrogen and oxygen atoms in total. The van der Waals surface area contributed by atoms with Crippen LogP contribution in [0.2, 0.25) is 0 Å². The summed E-state index contributed by atoms with van der Waals surface area (Å²) in [5.74, 6) is -1.10. The zero-order valence-electron chi connectivity index (χ0n) is 18.7. The second-order valence-electron chi connectivity index (χ2n) is 7.84. The normalized spacial score (nSPS) is 11.9. The molecule has 35 heavy (non-hydrogen) atoms. The highest BCUT2D eigenvalue weighted by Crippen LogP contribution is 2.36. The van der Waals surface area contributed by atoms with Crippen molar-refractivity contribution >= 4 is 16.3 Å². The van der Waals surface area contributed by atoms with Crippen LogP contribution in [0.4, 0.5) is 17.6 Å². The molecule has 0 radical (unpaired) electrons. The predicted octanol–water partition coefficient (Wildman–Crippen LogP) is 3.87. The van der Waals surface area contributed by atoms with Crippen LogP contribution in [-0.4, -0.2) is 30.2 Å². The Morgan fingerprint density at radius 1 is 1.11 bits per heavy atom. The van der Waals surface area contributed by atoms with Gasteiger partial charge in [0.25, 0.3) is 5.56 Å². The Morgan fingerprint density at radius 3 is 2.37 bits per heavy atom. The van der Waals surface area contributed by atoms with Gasteiger partial charge >= 0.3 is 11.9 Å². The van der Waals surface area contributed by atoms with Gasteiger partial charge in [-0.05, 0) is 43.0 Å². The van der Waals surface area contributed by atoms with Crippen LogP contribution in [0, 0.1) is 12.7 Å². The van der Waals surface area contributed by atoms with E-state index in [-0.39, 0.29) is 23.1 Å². The van der Waals surface area contributed by atoms with Gasteiger partial charge in [0.15, 0.2) is 5.82 Å². The second-order valence-corrected chi connectivity index (χ2v) is 7.84. The van der Waals surface area contributed by atoms with Crippen molar-refractivity contribution in [3.05, 3.63) is 92.8 Å². The predicted molar refractivity (Wildman–Crippen MR) is 122 cm³/mol. The van der Waals surface area contributed by atoms with Crippen LogP contribution in [-0.2, 0) is 13.2 Å². The van der Waals surface area contributed by atoms with E-state index < -0.39 is 46.7 Å². The van der Waals surface area contributed by atoms with E-state index in [0.29, 0.717) is 15.9 Å². The number of hydrogen-bond acceptors (Lipinski definition) is 4. The summed E-state index contributed by atoms with van der Waals surface area (Å²) in [5.41, 5.74) is -2.77. The lowest BCUT2D eigenvalue weighted by Gasteiger charge is -2.18. The number of benzene rings is 2. The Morgan fingerprint density at radius 2 is 1.80 bits per heavy atom. The first-order chi connectivity index (χ1) is 16.5. The standard InChI is InChI=1S/C24H20F4N4O3/c1-4-30-21(12-33)29-32(23(30)35)20-10-15-16(9-18(20)25)22(34)31(19-8-6-5-7-13(19)2)11-17(15)14(3)24(26,27)28/h5-11,33H,3-4,12H2,1-2H3. The fourth-order valence-corrected chi connectivity index (χ4v) is 3.95. The topological polar surface area (TPSA) is 82.0 Å². The van der Waals surface area contributed by atoms with E-state index in [9.17, 15) is 27.9 Å². The first-order valence-corrected chi connectivity index (χ1v) is 10.5. The number of aromatic nitrogens is 4. The van der Waals surface area contributed by atoms with Gasteiger partial charge in [0.2, 0.25) is 0 Å². The van der Waals surface area contributed by atoms with Gasteiger partial charge in [0.05, 0.1) is 16.6 Å². The highest BCUT2D eigenvalue weighted by atomic mass is 19.4. The maximum absolute atomic E-state index is 15.2. The van der Waals surface area contributed by atoms with Crippen molar-refractivity contribution in [2.75, 3.05) is 0 Å². The largest absolute Gasteiger partial charge is 0.416 e. The van der Waals surface area contributed by atoms with Crippen molar-refractivity contribution in [3.8, 4) is 11.4 Å². The number of rotatable bonds is 5. The molecule has 2 aromatic carbocycles. The number of alkyl halides is 3. The van der Waals surface area contributed by atoms with Crippen LogP contribution in [0.5, 0.6) is 0 Å². The third kappa shape index (κ3) is 3.97. The van der Waals surface area contributed by atoms with Crippen LogP contribution in [0.3, 0.4) is 0 Å². The zero-order valence-corrected chi connectivity index (χ0v) is 18.7. The minimum atomic E-state index is -4.85. The Hall–Kier alpha value is -3.99. The lowest BCUT2D eigenvalue weighted by molar-refractivity contribution is -0.0686. The smallest absolute Gasteiger partial charge is 0.388 e. The van der Waals surface area contributed by atoms with Gasteiger partial charge in [-0.1, -0.05) is 24.8 Å². The number of nitrogens with zero attached hydrogens (tertiary/aromatic N) is 4. The summed E-state index contributed by atoms with van der Waals surface area (Å²) in [6.07, 6.45) is -3.84. The van der Waals surface area contributed by atoms with Crippen molar-refractivity contribution in [1.82, 2.24) is 18.9 Å². The van der Waals surface area contributed by atoms with Crippen molar-refractivity contribution in [2.45, 2.75) is 33.2 Å². The number of halogens is 4. The highest BCUT2D eigenvalue weighted by Gasteiger charge is 2.35. The minimum Gasteiger partial charge on any atom is -0.388 e. The number of fused-ring (bicyclic) bond motifs is 1. The molecule has 182 valence electrons. The average Bonchev–Trinajstić information content (AvgIpc) is 3.14. The molecule has 0 fully saturated rings. The van der Waals surface area contributed by atoms with Crippen LogP contribution >= 0.6 is 0 Å². The summed E-state index contributed by atoms with van der Waals surface area (Å²) >= 11 is 0. The lowest BCUT2D eigenvalue weighted by atomic mass is 10.00. The Balaban J connectivity index is 2.11. The maximum atomic E-state index is 15.2. The van der Waals surface area contributed by atoms with Gasteiger partial charge in [-0.2, -0.15) is 17.9 Å². The summed E-state index contributed by atoms with van der Waals surface area (Å²) < 4.78 is 59.2. The van der Waals surface area contributed by atoms with Crippen LogP contribution in [0.1, 0.15) is 23.9 Å². The van der Waals surface area contributed by atoms with E-state index in [1.165, 1.54) is 0 Å². The van der Waals surface area contributed by atoms with Gasteiger partial charge < -0.3 is 5.11 Å².